The molecule has 0 N–H and O–H groups in total. The van der Waals surface area contributed by atoms with Gasteiger partial charge < -0.3 is 4.90 Å². The predicted molar refractivity (Wildman–Crippen MR) is 64.7 cm³/mol. The molecule has 0 atom stereocenters. The fraction of sp³-hybridized carbons (Fsp3) is 0.625. The maximum absolute atomic E-state index is 11.3. The Morgan fingerprint density at radius 3 is 3.20 bits per heavy atom. The van der Waals surface area contributed by atoms with Gasteiger partial charge in [0.15, 0.2) is 0 Å². The molecule has 1 fully saturated rings. The first-order valence-corrected chi connectivity index (χ1v) is 7.38. The minimum atomic E-state index is 0.232. The van der Waals surface area contributed by atoms with Crippen molar-refractivity contribution in [3.8, 4) is 0 Å². The van der Waals surface area contributed by atoms with Gasteiger partial charge in [-0.05, 0) is 6.42 Å². The maximum Gasteiger partial charge on any atom is 0.281 e. The lowest BCUT2D eigenvalue weighted by molar-refractivity contribution is 0.230. The highest BCUT2D eigenvalue weighted by atomic mass is 32.2. The summed E-state index contributed by atoms with van der Waals surface area (Å²) < 4.78 is 8.04. The molecule has 1 aliphatic rings. The van der Waals surface area contributed by atoms with Crippen LogP contribution in [0.5, 0.6) is 0 Å². The molecule has 7 heteroatoms. The Bertz CT molecular complexity index is 317. The van der Waals surface area contributed by atoms with Crippen LogP contribution in [0.4, 0.5) is 4.79 Å². The van der Waals surface area contributed by atoms with Crippen molar-refractivity contribution in [2.45, 2.75) is 11.4 Å². The van der Waals surface area contributed by atoms with Gasteiger partial charge in [0.2, 0.25) is 0 Å². The van der Waals surface area contributed by atoms with Crippen LogP contribution in [0.25, 0.3) is 0 Å². The largest absolute Gasteiger partial charge is 0.333 e. The second kappa shape index (κ2) is 5.72. The van der Waals surface area contributed by atoms with Gasteiger partial charge in [-0.25, -0.2) is 0 Å². The van der Waals surface area contributed by atoms with Crippen molar-refractivity contribution >= 4 is 40.5 Å². The van der Waals surface area contributed by atoms with Crippen molar-refractivity contribution < 1.29 is 4.79 Å². The standard InChI is InChI=1S/C8H11N3OS3/c12-8-11(3-5-14-8)2-1-4-13-7-6-9-15-10-7/h6H,1-5H2. The zero-order valence-corrected chi connectivity index (χ0v) is 10.5. The Kier molecular flexibility index (Phi) is 4.28. The summed E-state index contributed by atoms with van der Waals surface area (Å²) in [5.74, 6) is 1.95. The molecular formula is C8H11N3OS3. The van der Waals surface area contributed by atoms with E-state index in [4.69, 9.17) is 0 Å². The van der Waals surface area contributed by atoms with Crippen molar-refractivity contribution in [3.05, 3.63) is 6.20 Å². The van der Waals surface area contributed by atoms with Crippen LogP contribution < -0.4 is 0 Å². The van der Waals surface area contributed by atoms with E-state index in [0.29, 0.717) is 0 Å². The minimum absolute atomic E-state index is 0.232. The molecule has 0 spiro atoms. The van der Waals surface area contributed by atoms with Crippen molar-refractivity contribution in [1.82, 2.24) is 13.6 Å². The van der Waals surface area contributed by atoms with Crippen molar-refractivity contribution in [2.75, 3.05) is 24.6 Å². The summed E-state index contributed by atoms with van der Waals surface area (Å²) in [6, 6.07) is 0. The SMILES string of the molecule is O=C1SCCN1CCCSc1cnsn1. The monoisotopic (exact) mass is 261 g/mol. The zero-order valence-electron chi connectivity index (χ0n) is 8.09. The van der Waals surface area contributed by atoms with Crippen molar-refractivity contribution in [3.63, 3.8) is 0 Å². The molecule has 0 aromatic carbocycles. The summed E-state index contributed by atoms with van der Waals surface area (Å²) in [5, 5.41) is 1.22. The van der Waals surface area contributed by atoms with Gasteiger partial charge >= 0.3 is 0 Å². The Morgan fingerprint density at radius 2 is 2.53 bits per heavy atom. The minimum Gasteiger partial charge on any atom is -0.333 e. The molecular weight excluding hydrogens is 250 g/mol. The molecule has 0 radical (unpaired) electrons. The third kappa shape index (κ3) is 3.35. The van der Waals surface area contributed by atoms with Gasteiger partial charge in [0, 0.05) is 24.6 Å². The van der Waals surface area contributed by atoms with E-state index in [2.05, 4.69) is 8.75 Å². The Hall–Kier alpha value is -0.270. The normalized spacial score (nSPS) is 16.3. The molecule has 1 aliphatic heterocycles. The molecule has 1 aromatic rings. The van der Waals surface area contributed by atoms with Crippen LogP contribution in [0.15, 0.2) is 11.2 Å². The lowest BCUT2D eigenvalue weighted by Gasteiger charge is -2.13. The highest BCUT2D eigenvalue weighted by Crippen LogP contribution is 2.19. The number of hydrogen-bond donors (Lipinski definition) is 0. The van der Waals surface area contributed by atoms with Gasteiger partial charge in [-0.15, -0.1) is 11.8 Å². The lowest BCUT2D eigenvalue weighted by atomic mass is 10.4. The van der Waals surface area contributed by atoms with Gasteiger partial charge in [0.25, 0.3) is 5.24 Å². The van der Waals surface area contributed by atoms with Crippen LogP contribution in [-0.2, 0) is 0 Å². The number of aromatic nitrogens is 2. The molecule has 0 unspecified atom stereocenters. The average Bonchev–Trinajstić information content (AvgIpc) is 2.85. The summed E-state index contributed by atoms with van der Waals surface area (Å²) in [4.78, 5) is 13.2. The molecule has 15 heavy (non-hydrogen) atoms. The molecule has 0 saturated carbocycles. The summed E-state index contributed by atoms with van der Waals surface area (Å²) in [6.07, 6.45) is 2.81. The lowest BCUT2D eigenvalue weighted by Crippen LogP contribution is -2.24. The van der Waals surface area contributed by atoms with Crippen LogP contribution in [-0.4, -0.2) is 43.5 Å². The number of hydrogen-bond acceptors (Lipinski definition) is 6. The van der Waals surface area contributed by atoms with Crippen LogP contribution >= 0.6 is 35.3 Å². The van der Waals surface area contributed by atoms with Crippen LogP contribution in [0.2, 0.25) is 0 Å². The Labute approximate surface area is 101 Å². The fourth-order valence-corrected chi connectivity index (χ4v) is 3.44. The molecule has 0 aliphatic carbocycles. The molecule has 1 amide bonds. The topological polar surface area (TPSA) is 46.1 Å². The third-order valence-corrected chi connectivity index (χ3v) is 4.48. The first-order chi connectivity index (χ1) is 7.36. The zero-order chi connectivity index (χ0) is 10.5. The molecule has 1 aromatic heterocycles. The van der Waals surface area contributed by atoms with E-state index < -0.39 is 0 Å². The van der Waals surface area contributed by atoms with Crippen LogP contribution in [0.3, 0.4) is 0 Å². The average molecular weight is 261 g/mol. The number of thioether (sulfide) groups is 2. The van der Waals surface area contributed by atoms with Crippen LogP contribution in [0.1, 0.15) is 6.42 Å². The Morgan fingerprint density at radius 1 is 1.60 bits per heavy atom. The van der Waals surface area contributed by atoms with Crippen LogP contribution in [0, 0.1) is 0 Å². The maximum atomic E-state index is 11.3. The van der Waals surface area contributed by atoms with Gasteiger partial charge in [0.1, 0.15) is 5.03 Å². The van der Waals surface area contributed by atoms with E-state index in [1.165, 1.54) is 23.5 Å². The molecule has 4 nitrogen and oxygen atoms in total. The Balaban J connectivity index is 1.61. The number of rotatable bonds is 5. The first kappa shape index (κ1) is 11.2. The molecule has 1 saturated heterocycles. The second-order valence-electron chi connectivity index (χ2n) is 3.05. The van der Waals surface area contributed by atoms with E-state index in [1.54, 1.807) is 18.0 Å². The van der Waals surface area contributed by atoms with E-state index in [1.807, 2.05) is 4.90 Å². The quantitative estimate of drug-likeness (QED) is 0.600. The first-order valence-electron chi connectivity index (χ1n) is 4.68. The van der Waals surface area contributed by atoms with Gasteiger partial charge in [-0.3, -0.25) is 4.79 Å². The van der Waals surface area contributed by atoms with E-state index >= 15 is 0 Å². The van der Waals surface area contributed by atoms with E-state index in [0.717, 1.165) is 36.0 Å². The number of nitrogens with zero attached hydrogens (tertiary/aromatic N) is 3. The van der Waals surface area contributed by atoms with Gasteiger partial charge in [-0.2, -0.15) is 8.75 Å². The molecule has 0 bridgehead atoms. The summed E-state index contributed by atoms with van der Waals surface area (Å²) in [6.45, 7) is 1.78. The van der Waals surface area contributed by atoms with E-state index in [-0.39, 0.29) is 5.24 Å². The second-order valence-corrected chi connectivity index (χ2v) is 5.77. The number of carbonyl (C=O) groups is 1. The highest BCUT2D eigenvalue weighted by molar-refractivity contribution is 8.13. The fourth-order valence-electron chi connectivity index (χ4n) is 1.28. The van der Waals surface area contributed by atoms with Crippen molar-refractivity contribution in [2.24, 2.45) is 0 Å². The molecule has 2 heterocycles. The smallest absolute Gasteiger partial charge is 0.281 e. The summed E-state index contributed by atoms with van der Waals surface area (Å²) in [5.41, 5.74) is 0. The predicted octanol–water partition coefficient (Wildman–Crippen LogP) is 2.19. The summed E-state index contributed by atoms with van der Waals surface area (Å²) in [7, 11) is 0. The van der Waals surface area contributed by atoms with Gasteiger partial charge in [-0.1, -0.05) is 11.8 Å². The van der Waals surface area contributed by atoms with E-state index in [9.17, 15) is 4.79 Å². The highest BCUT2D eigenvalue weighted by Gasteiger charge is 2.19. The number of amides is 1. The van der Waals surface area contributed by atoms with Gasteiger partial charge in [0.05, 0.1) is 17.9 Å². The number of carbonyl (C=O) groups excluding carboxylic acids is 1. The third-order valence-electron chi connectivity index (χ3n) is 2.01. The summed E-state index contributed by atoms with van der Waals surface area (Å²) >= 11 is 4.36. The molecule has 2 rings (SSSR count). The molecule has 82 valence electrons. The van der Waals surface area contributed by atoms with Crippen molar-refractivity contribution in [1.29, 1.82) is 0 Å².